The van der Waals surface area contributed by atoms with Gasteiger partial charge in [0.15, 0.2) is 0 Å². The molecule has 0 aliphatic heterocycles. The van der Waals surface area contributed by atoms with Crippen LogP contribution in [-0.2, 0) is 6.54 Å². The number of nitrogens with zero attached hydrogens (tertiary/aromatic N) is 1. The van der Waals surface area contributed by atoms with Gasteiger partial charge in [-0.05, 0) is 37.8 Å². The zero-order valence-electron chi connectivity index (χ0n) is 11.1. The number of nitro benzene ring substituents is 1. The zero-order chi connectivity index (χ0) is 13.8. The van der Waals surface area contributed by atoms with Crippen LogP contribution in [-0.4, -0.2) is 11.0 Å². The van der Waals surface area contributed by atoms with Gasteiger partial charge in [-0.3, -0.25) is 10.1 Å². The largest absolute Gasteiger partial charge is 0.310 e. The third-order valence-corrected chi connectivity index (χ3v) is 4.45. The van der Waals surface area contributed by atoms with E-state index in [2.05, 4.69) is 28.2 Å². The molecular weight excluding hydrogens is 308 g/mol. The van der Waals surface area contributed by atoms with Crippen molar-refractivity contribution in [3.63, 3.8) is 0 Å². The Morgan fingerprint density at radius 2 is 2.16 bits per heavy atom. The first-order valence-corrected chi connectivity index (χ1v) is 7.53. The lowest BCUT2D eigenvalue weighted by molar-refractivity contribution is -0.385. The summed E-state index contributed by atoms with van der Waals surface area (Å²) in [6.07, 6.45) is 5.17. The third kappa shape index (κ3) is 3.76. The van der Waals surface area contributed by atoms with E-state index >= 15 is 0 Å². The lowest BCUT2D eigenvalue weighted by Crippen LogP contribution is -2.31. The van der Waals surface area contributed by atoms with E-state index in [0.717, 1.165) is 10.0 Å². The quantitative estimate of drug-likeness (QED) is 0.656. The van der Waals surface area contributed by atoms with Gasteiger partial charge in [-0.1, -0.05) is 28.8 Å². The Morgan fingerprint density at radius 3 is 2.79 bits per heavy atom. The normalized spacial score (nSPS) is 17.6. The molecule has 0 bridgehead atoms. The van der Waals surface area contributed by atoms with Crippen molar-refractivity contribution in [3.05, 3.63) is 38.3 Å². The fraction of sp³-hybridized carbons (Fsp3) is 0.571. The van der Waals surface area contributed by atoms with Crippen LogP contribution < -0.4 is 5.32 Å². The number of rotatable bonds is 5. The number of hydrogen-bond donors (Lipinski definition) is 1. The molecule has 1 saturated carbocycles. The van der Waals surface area contributed by atoms with Crippen molar-refractivity contribution >= 4 is 21.6 Å². The minimum Gasteiger partial charge on any atom is -0.310 e. The molecule has 1 atom stereocenters. The molecule has 0 unspecified atom stereocenters. The maximum absolute atomic E-state index is 11.0. The monoisotopic (exact) mass is 326 g/mol. The first-order chi connectivity index (χ1) is 9.08. The Bertz CT molecular complexity index is 459. The average Bonchev–Trinajstić information content (AvgIpc) is 2.89. The molecule has 19 heavy (non-hydrogen) atoms. The molecular formula is C14H19BrN2O2. The molecule has 1 fully saturated rings. The first kappa shape index (κ1) is 14.5. The highest BCUT2D eigenvalue weighted by molar-refractivity contribution is 9.10. The van der Waals surface area contributed by atoms with Crippen molar-refractivity contribution in [2.75, 3.05) is 0 Å². The Balaban J connectivity index is 2.01. The molecule has 0 amide bonds. The number of nitrogens with one attached hydrogen (secondary N) is 1. The van der Waals surface area contributed by atoms with E-state index in [9.17, 15) is 10.1 Å². The van der Waals surface area contributed by atoms with Gasteiger partial charge in [-0.25, -0.2) is 0 Å². The van der Waals surface area contributed by atoms with Gasteiger partial charge < -0.3 is 5.32 Å². The van der Waals surface area contributed by atoms with Gasteiger partial charge in [-0.15, -0.1) is 0 Å². The van der Waals surface area contributed by atoms with Crippen molar-refractivity contribution in [2.45, 2.75) is 45.2 Å². The zero-order valence-corrected chi connectivity index (χ0v) is 12.6. The van der Waals surface area contributed by atoms with Crippen LogP contribution >= 0.6 is 15.9 Å². The highest BCUT2D eigenvalue weighted by Crippen LogP contribution is 2.28. The van der Waals surface area contributed by atoms with Gasteiger partial charge in [-0.2, -0.15) is 0 Å². The van der Waals surface area contributed by atoms with Crippen LogP contribution in [0.15, 0.2) is 22.7 Å². The molecule has 2 rings (SSSR count). The standard InChI is InChI=1S/C14H19BrN2O2/c1-10(11-4-2-3-5-11)16-9-12-8-13(15)6-7-14(12)17(18)19/h6-8,10-11,16H,2-5,9H2,1H3/t10-/m1/s1. The van der Waals surface area contributed by atoms with Gasteiger partial charge in [0.05, 0.1) is 4.92 Å². The summed E-state index contributed by atoms with van der Waals surface area (Å²) in [4.78, 5) is 10.7. The molecule has 4 nitrogen and oxygen atoms in total. The van der Waals surface area contributed by atoms with E-state index in [-0.39, 0.29) is 10.6 Å². The second kappa shape index (κ2) is 6.48. The predicted molar refractivity (Wildman–Crippen MR) is 79.1 cm³/mol. The maximum atomic E-state index is 11.0. The van der Waals surface area contributed by atoms with Crippen LogP contribution in [0.3, 0.4) is 0 Å². The Hall–Kier alpha value is -0.940. The lowest BCUT2D eigenvalue weighted by atomic mass is 9.99. The summed E-state index contributed by atoms with van der Waals surface area (Å²) in [6, 6.07) is 5.51. The molecule has 104 valence electrons. The molecule has 1 aromatic carbocycles. The fourth-order valence-corrected chi connectivity index (χ4v) is 3.18. The highest BCUT2D eigenvalue weighted by Gasteiger charge is 2.22. The van der Waals surface area contributed by atoms with Gasteiger partial charge in [0, 0.05) is 28.7 Å². The number of hydrogen-bond acceptors (Lipinski definition) is 3. The lowest BCUT2D eigenvalue weighted by Gasteiger charge is -2.20. The van der Waals surface area contributed by atoms with Crippen molar-refractivity contribution < 1.29 is 4.92 Å². The first-order valence-electron chi connectivity index (χ1n) is 6.74. The van der Waals surface area contributed by atoms with E-state index in [1.807, 2.05) is 6.07 Å². The van der Waals surface area contributed by atoms with E-state index < -0.39 is 0 Å². The Labute approximate surface area is 121 Å². The minimum atomic E-state index is -0.316. The average molecular weight is 327 g/mol. The van der Waals surface area contributed by atoms with Crippen molar-refractivity contribution in [2.24, 2.45) is 5.92 Å². The number of halogens is 1. The molecule has 1 N–H and O–H groups in total. The van der Waals surface area contributed by atoms with E-state index in [4.69, 9.17) is 0 Å². The number of benzene rings is 1. The minimum absolute atomic E-state index is 0.189. The maximum Gasteiger partial charge on any atom is 0.273 e. The molecule has 0 aromatic heterocycles. The number of nitro groups is 1. The fourth-order valence-electron chi connectivity index (χ4n) is 2.77. The van der Waals surface area contributed by atoms with Crippen LogP contribution in [0.4, 0.5) is 5.69 Å². The molecule has 0 saturated heterocycles. The summed E-state index contributed by atoms with van der Waals surface area (Å²) in [6.45, 7) is 2.73. The molecule has 1 aliphatic rings. The van der Waals surface area contributed by atoms with E-state index in [1.54, 1.807) is 12.1 Å². The second-order valence-electron chi connectivity index (χ2n) is 5.24. The predicted octanol–water partition coefficient (Wildman–Crippen LogP) is 4.03. The van der Waals surface area contributed by atoms with Crippen LogP contribution in [0.25, 0.3) is 0 Å². The summed E-state index contributed by atoms with van der Waals surface area (Å²) < 4.78 is 0.878. The second-order valence-corrected chi connectivity index (χ2v) is 6.16. The molecule has 5 heteroatoms. The van der Waals surface area contributed by atoms with Gasteiger partial charge in [0.25, 0.3) is 5.69 Å². The van der Waals surface area contributed by atoms with Gasteiger partial charge >= 0.3 is 0 Å². The smallest absolute Gasteiger partial charge is 0.273 e. The summed E-state index contributed by atoms with van der Waals surface area (Å²) in [5.74, 6) is 0.714. The molecule has 0 spiro atoms. The summed E-state index contributed by atoms with van der Waals surface area (Å²) in [7, 11) is 0. The molecule has 0 heterocycles. The van der Waals surface area contributed by atoms with Crippen LogP contribution in [0, 0.1) is 16.0 Å². The van der Waals surface area contributed by atoms with Crippen molar-refractivity contribution in [3.8, 4) is 0 Å². The Morgan fingerprint density at radius 1 is 1.47 bits per heavy atom. The van der Waals surface area contributed by atoms with Crippen molar-refractivity contribution in [1.29, 1.82) is 0 Å². The van der Waals surface area contributed by atoms with Gasteiger partial charge in [0.2, 0.25) is 0 Å². The molecule has 1 aliphatic carbocycles. The van der Waals surface area contributed by atoms with Gasteiger partial charge in [0.1, 0.15) is 0 Å². The van der Waals surface area contributed by atoms with E-state index in [0.29, 0.717) is 18.5 Å². The van der Waals surface area contributed by atoms with Crippen LogP contribution in [0.2, 0.25) is 0 Å². The Kier molecular flexibility index (Phi) is 4.93. The highest BCUT2D eigenvalue weighted by atomic mass is 79.9. The summed E-state index contributed by atoms with van der Waals surface area (Å²) in [5.41, 5.74) is 0.929. The SMILES string of the molecule is C[C@@H](NCc1cc(Br)ccc1[N+](=O)[O-])C1CCCC1. The van der Waals surface area contributed by atoms with E-state index in [1.165, 1.54) is 25.7 Å². The molecule has 1 aromatic rings. The third-order valence-electron chi connectivity index (χ3n) is 3.96. The summed E-state index contributed by atoms with van der Waals surface area (Å²) >= 11 is 3.37. The topological polar surface area (TPSA) is 55.2 Å². The molecule has 0 radical (unpaired) electrons. The van der Waals surface area contributed by atoms with Crippen LogP contribution in [0.5, 0.6) is 0 Å². The van der Waals surface area contributed by atoms with Crippen LogP contribution in [0.1, 0.15) is 38.2 Å². The van der Waals surface area contributed by atoms with Crippen molar-refractivity contribution in [1.82, 2.24) is 5.32 Å². The summed E-state index contributed by atoms with van der Waals surface area (Å²) in [5, 5.41) is 14.4.